The van der Waals surface area contributed by atoms with Crippen LogP contribution in [0.2, 0.25) is 0 Å². The van der Waals surface area contributed by atoms with Gasteiger partial charge in [0, 0.05) is 26.2 Å². The molecule has 0 saturated carbocycles. The van der Waals surface area contributed by atoms with Crippen LogP contribution in [-0.2, 0) is 4.79 Å². The summed E-state index contributed by atoms with van der Waals surface area (Å²) in [5, 5.41) is 32.6. The maximum atomic E-state index is 9.87. The maximum Gasteiger partial charge on any atom is 0.314 e. The summed E-state index contributed by atoms with van der Waals surface area (Å²) in [7, 11) is 0. The van der Waals surface area contributed by atoms with E-state index in [-0.39, 0.29) is 26.2 Å². The largest absolute Gasteiger partial charge is 0.481 e. The van der Waals surface area contributed by atoms with Gasteiger partial charge in [0.1, 0.15) is 5.92 Å². The first-order chi connectivity index (χ1) is 3.85. The number of aliphatic hydroxyl groups is 3. The Hall–Kier alpha value is 0.233. The molecule has 0 aromatic heterocycles. The molecule has 0 aromatic rings. The van der Waals surface area contributed by atoms with E-state index in [0.29, 0.717) is 0 Å². The summed E-state index contributed by atoms with van der Waals surface area (Å²) in [6.45, 7) is 0.975. The first-order valence-electron chi connectivity index (χ1n) is 2.25. The third-order valence-corrected chi connectivity index (χ3v) is 0.951. The van der Waals surface area contributed by atoms with Gasteiger partial charge in [-0.05, 0) is 6.92 Å². The monoisotopic (exact) mass is 345 g/mol. The second kappa shape index (κ2) is 4.18. The van der Waals surface area contributed by atoms with Gasteiger partial charge in [-0.15, -0.1) is 0 Å². The predicted octanol–water partition coefficient (Wildman–Crippen LogP) is -2.04. The number of carboxylic acids is 1. The molecule has 0 heterocycles. The number of carbonyl (C=O) groups is 1. The quantitative estimate of drug-likeness (QED) is 0.342. The van der Waals surface area contributed by atoms with E-state index in [1.54, 1.807) is 0 Å². The van der Waals surface area contributed by atoms with Gasteiger partial charge in [0.15, 0.2) is 0 Å². The number of carboxylic acid groups (broad SMARTS) is 1. The normalized spacial score (nSPS) is 13.6. The third kappa shape index (κ3) is 4.11. The number of hydrogen-bond acceptors (Lipinski definition) is 4. The van der Waals surface area contributed by atoms with Gasteiger partial charge in [0.25, 0.3) is 5.97 Å². The van der Waals surface area contributed by atoms with E-state index in [0.717, 1.165) is 6.92 Å². The molecule has 0 aliphatic rings. The van der Waals surface area contributed by atoms with Crippen molar-refractivity contribution in [2.24, 2.45) is 5.92 Å². The summed E-state index contributed by atoms with van der Waals surface area (Å²) in [5.41, 5.74) is 0. The molecule has 5 nitrogen and oxygen atoms in total. The molecule has 0 aromatic carbocycles. The van der Waals surface area contributed by atoms with Gasteiger partial charge in [0.05, 0.1) is 0 Å². The Morgan fingerprint density at radius 2 is 1.70 bits per heavy atom. The zero-order valence-electron chi connectivity index (χ0n) is 5.22. The summed E-state index contributed by atoms with van der Waals surface area (Å²) in [6, 6.07) is 0. The fourth-order valence-electron chi connectivity index (χ4n) is 0.166. The molecule has 0 aliphatic carbocycles. The van der Waals surface area contributed by atoms with Crippen molar-refractivity contribution >= 4 is 32.2 Å². The standard InChI is InChI=1S/C4H8O5.Bi/c1-2(3(5)6)4(7,8)9;/h2,7-9H,1H3,(H,5,6);. The summed E-state index contributed by atoms with van der Waals surface area (Å²) in [4.78, 5) is 9.87. The molecule has 0 saturated heterocycles. The van der Waals surface area contributed by atoms with E-state index in [1.807, 2.05) is 0 Å². The molecule has 59 valence electrons. The minimum absolute atomic E-state index is 0. The van der Waals surface area contributed by atoms with Crippen LogP contribution >= 0.6 is 0 Å². The molecule has 10 heavy (non-hydrogen) atoms. The minimum Gasteiger partial charge on any atom is -0.481 e. The molecule has 1 atom stereocenters. The number of rotatable bonds is 2. The Kier molecular flexibility index (Phi) is 5.38. The molecular weight excluding hydrogens is 337 g/mol. The molecule has 3 radical (unpaired) electrons. The molecule has 0 bridgehead atoms. The fourth-order valence-corrected chi connectivity index (χ4v) is 0.166. The summed E-state index contributed by atoms with van der Waals surface area (Å²) < 4.78 is 0. The Balaban J connectivity index is 0. The van der Waals surface area contributed by atoms with Crippen LogP contribution in [0.15, 0.2) is 0 Å². The van der Waals surface area contributed by atoms with Gasteiger partial charge in [-0.25, -0.2) is 0 Å². The average molecular weight is 345 g/mol. The SMILES string of the molecule is CC(C(=O)O)C(O)(O)O.[Bi]. The topological polar surface area (TPSA) is 98.0 Å². The smallest absolute Gasteiger partial charge is 0.314 e. The van der Waals surface area contributed by atoms with Crippen molar-refractivity contribution in [1.82, 2.24) is 0 Å². The van der Waals surface area contributed by atoms with Gasteiger partial charge >= 0.3 is 5.97 Å². The molecular formula is C4H8BiO5. The zero-order chi connectivity index (χ0) is 7.65. The minimum atomic E-state index is -3.12. The van der Waals surface area contributed by atoms with E-state index < -0.39 is 17.9 Å². The summed E-state index contributed by atoms with van der Waals surface area (Å²) >= 11 is 0. The van der Waals surface area contributed by atoms with Crippen LogP contribution in [0.5, 0.6) is 0 Å². The molecule has 1 unspecified atom stereocenters. The molecule has 0 amide bonds. The van der Waals surface area contributed by atoms with Gasteiger partial charge < -0.3 is 20.4 Å². The predicted molar refractivity (Wildman–Crippen MR) is 31.9 cm³/mol. The Morgan fingerprint density at radius 3 is 1.70 bits per heavy atom. The Labute approximate surface area is 76.4 Å². The molecule has 4 N–H and O–H groups in total. The van der Waals surface area contributed by atoms with Crippen LogP contribution in [0.25, 0.3) is 0 Å². The van der Waals surface area contributed by atoms with E-state index >= 15 is 0 Å². The van der Waals surface area contributed by atoms with Crippen molar-refractivity contribution in [3.05, 3.63) is 0 Å². The van der Waals surface area contributed by atoms with Crippen LogP contribution in [-0.4, -0.2) is 58.6 Å². The average Bonchev–Trinajstić information content (AvgIpc) is 1.62. The van der Waals surface area contributed by atoms with Gasteiger partial charge in [-0.3, -0.25) is 4.79 Å². The molecule has 6 heteroatoms. The molecule has 0 spiro atoms. The first kappa shape index (κ1) is 12.9. The van der Waals surface area contributed by atoms with Crippen LogP contribution in [0, 0.1) is 5.92 Å². The van der Waals surface area contributed by atoms with Gasteiger partial charge in [-0.2, -0.15) is 0 Å². The van der Waals surface area contributed by atoms with Crippen LogP contribution in [0.4, 0.5) is 0 Å². The van der Waals surface area contributed by atoms with E-state index in [1.165, 1.54) is 0 Å². The summed E-state index contributed by atoms with van der Waals surface area (Å²) in [6.07, 6.45) is 0. The van der Waals surface area contributed by atoms with Crippen molar-refractivity contribution in [2.75, 3.05) is 0 Å². The van der Waals surface area contributed by atoms with E-state index in [4.69, 9.17) is 20.4 Å². The number of hydrogen-bond donors (Lipinski definition) is 4. The van der Waals surface area contributed by atoms with Crippen LogP contribution in [0.1, 0.15) is 6.92 Å². The van der Waals surface area contributed by atoms with Crippen molar-refractivity contribution in [1.29, 1.82) is 0 Å². The van der Waals surface area contributed by atoms with E-state index in [2.05, 4.69) is 0 Å². The third-order valence-electron chi connectivity index (χ3n) is 0.951. The van der Waals surface area contributed by atoms with Crippen molar-refractivity contribution in [3.63, 3.8) is 0 Å². The van der Waals surface area contributed by atoms with Crippen molar-refractivity contribution in [2.45, 2.75) is 12.9 Å². The first-order valence-corrected chi connectivity index (χ1v) is 2.25. The van der Waals surface area contributed by atoms with Gasteiger partial charge in [-0.1, -0.05) is 0 Å². The van der Waals surface area contributed by atoms with Crippen molar-refractivity contribution in [3.8, 4) is 0 Å². The second-order valence-electron chi connectivity index (χ2n) is 1.75. The van der Waals surface area contributed by atoms with Crippen LogP contribution < -0.4 is 0 Å². The van der Waals surface area contributed by atoms with Crippen LogP contribution in [0.3, 0.4) is 0 Å². The Bertz CT molecular complexity index is 117. The molecule has 0 fully saturated rings. The maximum absolute atomic E-state index is 9.87. The zero-order valence-corrected chi connectivity index (χ0v) is 8.70. The molecule has 0 aliphatic heterocycles. The summed E-state index contributed by atoms with van der Waals surface area (Å²) in [5.74, 6) is -6.19. The van der Waals surface area contributed by atoms with E-state index in [9.17, 15) is 4.79 Å². The van der Waals surface area contributed by atoms with Crippen molar-refractivity contribution < 1.29 is 25.2 Å². The fraction of sp³-hybridized carbons (Fsp3) is 0.750. The Morgan fingerprint density at radius 1 is 1.40 bits per heavy atom. The number of aliphatic carboxylic acids is 1. The second-order valence-corrected chi connectivity index (χ2v) is 1.75. The molecule has 0 rings (SSSR count). The van der Waals surface area contributed by atoms with Gasteiger partial charge in [0.2, 0.25) is 0 Å².